The van der Waals surface area contributed by atoms with Gasteiger partial charge < -0.3 is 0 Å². The van der Waals surface area contributed by atoms with Gasteiger partial charge in [-0.25, -0.2) is 22.0 Å². The molecule has 14 heavy (non-hydrogen) atoms. The van der Waals surface area contributed by atoms with Crippen molar-refractivity contribution in [3.05, 3.63) is 35.7 Å². The SMILES string of the molecule is C=CC1=C(F)C(F)=C(F)C(C)(F)C1F. The summed E-state index contributed by atoms with van der Waals surface area (Å²) >= 11 is 0. The number of hydrogen-bond acceptors (Lipinski definition) is 0. The Morgan fingerprint density at radius 3 is 2.21 bits per heavy atom. The van der Waals surface area contributed by atoms with Gasteiger partial charge in [-0.3, -0.25) is 0 Å². The monoisotopic (exact) mass is 210 g/mol. The van der Waals surface area contributed by atoms with Crippen LogP contribution in [-0.2, 0) is 0 Å². The van der Waals surface area contributed by atoms with Gasteiger partial charge in [0.25, 0.3) is 0 Å². The van der Waals surface area contributed by atoms with Crippen LogP contribution < -0.4 is 0 Å². The molecule has 0 aromatic heterocycles. The Labute approximate surface area is 77.4 Å². The summed E-state index contributed by atoms with van der Waals surface area (Å²) in [6.45, 7) is 3.50. The van der Waals surface area contributed by atoms with Gasteiger partial charge in [0.2, 0.25) is 0 Å². The van der Waals surface area contributed by atoms with Gasteiger partial charge in [0.15, 0.2) is 29.3 Å². The van der Waals surface area contributed by atoms with Crippen LogP contribution in [-0.4, -0.2) is 11.8 Å². The summed E-state index contributed by atoms with van der Waals surface area (Å²) in [5.74, 6) is -5.80. The fourth-order valence-corrected chi connectivity index (χ4v) is 1.15. The quantitative estimate of drug-likeness (QED) is 0.580. The van der Waals surface area contributed by atoms with Gasteiger partial charge in [-0.1, -0.05) is 12.7 Å². The lowest BCUT2D eigenvalue weighted by Gasteiger charge is -2.27. The second kappa shape index (κ2) is 3.22. The van der Waals surface area contributed by atoms with E-state index in [9.17, 15) is 22.0 Å². The first-order valence-corrected chi connectivity index (χ1v) is 3.75. The van der Waals surface area contributed by atoms with Crippen molar-refractivity contribution < 1.29 is 22.0 Å². The van der Waals surface area contributed by atoms with Crippen LogP contribution in [0.25, 0.3) is 0 Å². The first kappa shape index (κ1) is 10.9. The van der Waals surface area contributed by atoms with Crippen LogP contribution in [0.5, 0.6) is 0 Å². The topological polar surface area (TPSA) is 0 Å². The van der Waals surface area contributed by atoms with E-state index in [4.69, 9.17) is 0 Å². The number of hydrogen-bond donors (Lipinski definition) is 0. The summed E-state index contributed by atoms with van der Waals surface area (Å²) in [6.07, 6.45) is -1.95. The lowest BCUT2D eigenvalue weighted by Crippen LogP contribution is -2.37. The number of alkyl halides is 2. The van der Waals surface area contributed by atoms with Crippen LogP contribution in [0.4, 0.5) is 22.0 Å². The summed E-state index contributed by atoms with van der Waals surface area (Å²) in [6, 6.07) is 0. The molecule has 0 fully saturated rings. The molecule has 2 unspecified atom stereocenters. The minimum Gasteiger partial charge on any atom is -0.238 e. The molecule has 0 aromatic rings. The summed E-state index contributed by atoms with van der Waals surface area (Å²) in [5, 5.41) is 0. The van der Waals surface area contributed by atoms with E-state index in [-0.39, 0.29) is 0 Å². The van der Waals surface area contributed by atoms with Crippen molar-refractivity contribution in [2.75, 3.05) is 0 Å². The van der Waals surface area contributed by atoms with E-state index in [1.807, 2.05) is 0 Å². The highest BCUT2D eigenvalue weighted by Gasteiger charge is 2.48. The molecule has 2 atom stereocenters. The maximum Gasteiger partial charge on any atom is 0.197 e. The second-order valence-corrected chi connectivity index (χ2v) is 3.04. The Morgan fingerprint density at radius 2 is 1.79 bits per heavy atom. The minimum atomic E-state index is -3.18. The minimum absolute atomic E-state index is 0.503. The Bertz CT molecular complexity index is 337. The van der Waals surface area contributed by atoms with E-state index in [0.29, 0.717) is 13.0 Å². The highest BCUT2D eigenvalue weighted by molar-refractivity contribution is 5.45. The summed E-state index contributed by atoms with van der Waals surface area (Å²) in [5.41, 5.74) is -4.09. The molecule has 1 aliphatic carbocycles. The predicted molar refractivity (Wildman–Crippen MR) is 42.0 cm³/mol. The van der Waals surface area contributed by atoms with E-state index in [0.717, 1.165) is 0 Å². The van der Waals surface area contributed by atoms with Gasteiger partial charge in [-0.15, -0.1) is 0 Å². The van der Waals surface area contributed by atoms with Crippen molar-refractivity contribution in [1.82, 2.24) is 0 Å². The molecule has 0 heterocycles. The third-order valence-corrected chi connectivity index (χ3v) is 2.04. The van der Waals surface area contributed by atoms with Crippen LogP contribution in [0, 0.1) is 0 Å². The van der Waals surface area contributed by atoms with Gasteiger partial charge in [0.05, 0.1) is 0 Å². The van der Waals surface area contributed by atoms with Crippen molar-refractivity contribution in [1.29, 1.82) is 0 Å². The van der Waals surface area contributed by atoms with E-state index < -0.39 is 34.9 Å². The molecule has 0 saturated heterocycles. The lowest BCUT2D eigenvalue weighted by atomic mass is 9.88. The number of rotatable bonds is 1. The fraction of sp³-hybridized carbons (Fsp3) is 0.333. The smallest absolute Gasteiger partial charge is 0.197 e. The third-order valence-electron chi connectivity index (χ3n) is 2.04. The maximum atomic E-state index is 13.2. The summed E-state index contributed by atoms with van der Waals surface area (Å²) in [7, 11) is 0. The Kier molecular flexibility index (Phi) is 2.52. The van der Waals surface area contributed by atoms with Gasteiger partial charge >= 0.3 is 0 Å². The van der Waals surface area contributed by atoms with Crippen molar-refractivity contribution in [3.8, 4) is 0 Å². The van der Waals surface area contributed by atoms with E-state index in [1.54, 1.807) is 0 Å². The number of halogens is 5. The van der Waals surface area contributed by atoms with Crippen molar-refractivity contribution in [2.45, 2.75) is 18.8 Å². The van der Waals surface area contributed by atoms with Crippen molar-refractivity contribution in [3.63, 3.8) is 0 Å². The molecule has 0 amide bonds. The fourth-order valence-electron chi connectivity index (χ4n) is 1.15. The molecule has 0 radical (unpaired) electrons. The average Bonchev–Trinajstić information content (AvgIpc) is 2.14. The van der Waals surface area contributed by atoms with Crippen LogP contribution >= 0.6 is 0 Å². The molecule has 0 nitrogen and oxygen atoms in total. The van der Waals surface area contributed by atoms with Crippen LogP contribution in [0.3, 0.4) is 0 Å². The van der Waals surface area contributed by atoms with Crippen molar-refractivity contribution >= 4 is 0 Å². The molecule has 0 saturated carbocycles. The lowest BCUT2D eigenvalue weighted by molar-refractivity contribution is 0.0909. The molecule has 0 N–H and O–H groups in total. The molecule has 5 heteroatoms. The molecule has 78 valence electrons. The zero-order valence-electron chi connectivity index (χ0n) is 7.25. The van der Waals surface area contributed by atoms with Gasteiger partial charge in [0, 0.05) is 5.57 Å². The summed E-state index contributed by atoms with van der Waals surface area (Å²) in [4.78, 5) is 0. The van der Waals surface area contributed by atoms with Crippen LogP contribution in [0.1, 0.15) is 6.92 Å². The molecule has 0 aromatic carbocycles. The molecular formula is C9H7F5. The first-order valence-electron chi connectivity index (χ1n) is 3.75. The zero-order valence-corrected chi connectivity index (χ0v) is 7.25. The second-order valence-electron chi connectivity index (χ2n) is 3.04. The van der Waals surface area contributed by atoms with Gasteiger partial charge in [-0.2, -0.15) is 0 Å². The van der Waals surface area contributed by atoms with Crippen molar-refractivity contribution in [2.24, 2.45) is 0 Å². The van der Waals surface area contributed by atoms with Crippen LogP contribution in [0.15, 0.2) is 35.7 Å². The Hall–Kier alpha value is -1.13. The predicted octanol–water partition coefficient (Wildman–Crippen LogP) is 3.63. The standard InChI is InChI=1S/C9H7F5/c1-3-4-5(10)6(11)8(13)9(2,14)7(4)12/h3,7H,1H2,2H3. The molecule has 0 spiro atoms. The molecular weight excluding hydrogens is 203 g/mol. The van der Waals surface area contributed by atoms with E-state index >= 15 is 0 Å². The first-order chi connectivity index (χ1) is 6.34. The third kappa shape index (κ3) is 1.27. The Balaban J connectivity index is 3.40. The average molecular weight is 210 g/mol. The molecule has 1 aliphatic rings. The largest absolute Gasteiger partial charge is 0.238 e. The Morgan fingerprint density at radius 1 is 1.29 bits per heavy atom. The maximum absolute atomic E-state index is 13.2. The van der Waals surface area contributed by atoms with E-state index in [2.05, 4.69) is 6.58 Å². The highest BCUT2D eigenvalue weighted by Crippen LogP contribution is 2.43. The summed E-state index contributed by atoms with van der Waals surface area (Å²) < 4.78 is 64.6. The highest BCUT2D eigenvalue weighted by atomic mass is 19.2. The van der Waals surface area contributed by atoms with Crippen LogP contribution in [0.2, 0.25) is 0 Å². The number of allylic oxidation sites excluding steroid dienone is 5. The molecule has 0 aliphatic heterocycles. The van der Waals surface area contributed by atoms with Gasteiger partial charge in [0.1, 0.15) is 0 Å². The molecule has 0 bridgehead atoms. The normalized spacial score (nSPS) is 33.7. The van der Waals surface area contributed by atoms with Gasteiger partial charge in [-0.05, 0) is 6.92 Å². The van der Waals surface area contributed by atoms with E-state index in [1.165, 1.54) is 0 Å². The molecule has 1 rings (SSSR count). The zero-order chi connectivity index (χ0) is 11.1.